The van der Waals surface area contributed by atoms with Crippen LogP contribution in [0.2, 0.25) is 10.0 Å². The molecular weight excluding hydrogens is 599 g/mol. The summed E-state index contributed by atoms with van der Waals surface area (Å²) >= 11 is 12.8. The van der Waals surface area contributed by atoms with Gasteiger partial charge in [-0.05, 0) is 59.3 Å². The monoisotopic (exact) mass is 618 g/mol. The Morgan fingerprint density at radius 2 is 0.818 bits per heavy atom. The molecule has 0 spiro atoms. The standard InChI is InChI=1S/C36H20Cl2O6/c37-23-16-18-28-29(19-23)33(43-35(39)41-31-13-5-9-21-7-1-3-11-25(21)31)27-17-15-24(38)20-30(27)34(28)44-36(40)42-32-14-6-10-22-8-2-4-12-26(22)32/h1-20H. The van der Waals surface area contributed by atoms with E-state index in [-0.39, 0.29) is 11.5 Å². The Hall–Kier alpha value is -5.30. The van der Waals surface area contributed by atoms with Gasteiger partial charge in [0.25, 0.3) is 0 Å². The van der Waals surface area contributed by atoms with Crippen LogP contribution in [0, 0.1) is 0 Å². The Balaban J connectivity index is 1.29. The van der Waals surface area contributed by atoms with E-state index in [1.165, 1.54) is 0 Å². The Labute approximate surface area is 260 Å². The first-order chi connectivity index (χ1) is 21.4. The van der Waals surface area contributed by atoms with Crippen molar-refractivity contribution in [1.82, 2.24) is 0 Å². The number of benzene rings is 7. The van der Waals surface area contributed by atoms with Gasteiger partial charge in [0, 0.05) is 42.4 Å². The van der Waals surface area contributed by atoms with E-state index in [0.29, 0.717) is 43.1 Å². The summed E-state index contributed by atoms with van der Waals surface area (Å²) in [5.41, 5.74) is 0. The van der Waals surface area contributed by atoms with Crippen molar-refractivity contribution in [3.8, 4) is 23.0 Å². The van der Waals surface area contributed by atoms with Gasteiger partial charge in [-0.25, -0.2) is 9.59 Å². The van der Waals surface area contributed by atoms with Crippen LogP contribution in [0.4, 0.5) is 9.59 Å². The first kappa shape index (κ1) is 27.5. The lowest BCUT2D eigenvalue weighted by molar-refractivity contribution is 0.151. The minimum Gasteiger partial charge on any atom is -0.394 e. The largest absolute Gasteiger partial charge is 0.519 e. The molecule has 0 bridgehead atoms. The van der Waals surface area contributed by atoms with Gasteiger partial charge in [-0.1, -0.05) is 96.0 Å². The van der Waals surface area contributed by atoms with Crippen LogP contribution >= 0.6 is 23.2 Å². The highest BCUT2D eigenvalue weighted by molar-refractivity contribution is 6.33. The van der Waals surface area contributed by atoms with Gasteiger partial charge in [0.05, 0.1) is 0 Å². The van der Waals surface area contributed by atoms with E-state index in [2.05, 4.69) is 0 Å². The second-order valence-electron chi connectivity index (χ2n) is 9.90. The normalized spacial score (nSPS) is 11.1. The number of carbonyl (C=O) groups is 2. The van der Waals surface area contributed by atoms with E-state index in [0.717, 1.165) is 21.5 Å². The lowest BCUT2D eigenvalue weighted by Gasteiger charge is -2.17. The molecule has 0 aliphatic heterocycles. The molecule has 214 valence electrons. The average Bonchev–Trinajstić information content (AvgIpc) is 3.03. The van der Waals surface area contributed by atoms with Gasteiger partial charge in [-0.15, -0.1) is 0 Å². The van der Waals surface area contributed by atoms with Crippen molar-refractivity contribution >= 4 is 78.6 Å². The van der Waals surface area contributed by atoms with Crippen LogP contribution in [0.25, 0.3) is 43.1 Å². The molecule has 0 saturated heterocycles. The van der Waals surface area contributed by atoms with Crippen molar-refractivity contribution in [3.05, 3.63) is 131 Å². The van der Waals surface area contributed by atoms with E-state index < -0.39 is 12.3 Å². The van der Waals surface area contributed by atoms with Crippen LogP contribution in [0.15, 0.2) is 121 Å². The second kappa shape index (κ2) is 11.4. The van der Waals surface area contributed by atoms with E-state index >= 15 is 0 Å². The highest BCUT2D eigenvalue weighted by atomic mass is 35.5. The molecule has 7 rings (SSSR count). The van der Waals surface area contributed by atoms with Gasteiger partial charge in [-0.2, -0.15) is 0 Å². The van der Waals surface area contributed by atoms with Crippen LogP contribution in [0.3, 0.4) is 0 Å². The molecule has 0 atom stereocenters. The lowest BCUT2D eigenvalue weighted by Crippen LogP contribution is -2.16. The maximum Gasteiger partial charge on any atom is 0.519 e. The molecule has 0 aromatic heterocycles. The maximum absolute atomic E-state index is 13.2. The van der Waals surface area contributed by atoms with Crippen LogP contribution in [0.5, 0.6) is 23.0 Å². The molecule has 8 heteroatoms. The van der Waals surface area contributed by atoms with Gasteiger partial charge in [0.2, 0.25) is 0 Å². The summed E-state index contributed by atoms with van der Waals surface area (Å²) in [6, 6.07) is 35.7. The summed E-state index contributed by atoms with van der Waals surface area (Å²) < 4.78 is 23.0. The lowest BCUT2D eigenvalue weighted by atomic mass is 10.0. The fourth-order valence-corrected chi connectivity index (χ4v) is 5.62. The quantitative estimate of drug-likeness (QED) is 0.111. The Morgan fingerprint density at radius 3 is 1.27 bits per heavy atom. The fourth-order valence-electron chi connectivity index (χ4n) is 5.27. The number of hydrogen-bond donors (Lipinski definition) is 0. The smallest absolute Gasteiger partial charge is 0.394 e. The number of hydrogen-bond acceptors (Lipinski definition) is 6. The van der Waals surface area contributed by atoms with Crippen molar-refractivity contribution < 1.29 is 28.5 Å². The molecule has 0 fully saturated rings. The van der Waals surface area contributed by atoms with E-state index in [1.54, 1.807) is 60.7 Å². The molecule has 6 nitrogen and oxygen atoms in total. The number of fused-ring (bicyclic) bond motifs is 4. The van der Waals surface area contributed by atoms with E-state index in [9.17, 15) is 9.59 Å². The molecule has 0 aliphatic rings. The zero-order chi connectivity index (χ0) is 30.2. The van der Waals surface area contributed by atoms with Crippen LogP contribution in [-0.4, -0.2) is 12.3 Å². The Bertz CT molecular complexity index is 2090. The molecule has 0 unspecified atom stereocenters. The molecule has 0 amide bonds. The first-order valence-corrected chi connectivity index (χ1v) is 14.3. The summed E-state index contributed by atoms with van der Waals surface area (Å²) in [5.74, 6) is 1.01. The number of carbonyl (C=O) groups excluding carboxylic acids is 2. The summed E-state index contributed by atoms with van der Waals surface area (Å²) in [7, 11) is 0. The number of halogens is 2. The summed E-state index contributed by atoms with van der Waals surface area (Å²) in [4.78, 5) is 26.5. The van der Waals surface area contributed by atoms with Gasteiger partial charge >= 0.3 is 12.3 Å². The van der Waals surface area contributed by atoms with Crippen LogP contribution < -0.4 is 18.9 Å². The number of ether oxygens (including phenoxy) is 4. The van der Waals surface area contributed by atoms with E-state index in [1.807, 2.05) is 60.7 Å². The highest BCUT2D eigenvalue weighted by Gasteiger charge is 2.23. The molecular formula is C36H20Cl2O6. The van der Waals surface area contributed by atoms with Crippen molar-refractivity contribution in [2.45, 2.75) is 0 Å². The molecule has 0 saturated carbocycles. The minimum atomic E-state index is -0.956. The summed E-state index contributed by atoms with van der Waals surface area (Å²) in [6.07, 6.45) is -1.91. The molecule has 44 heavy (non-hydrogen) atoms. The summed E-state index contributed by atoms with van der Waals surface area (Å²) in [6.45, 7) is 0. The van der Waals surface area contributed by atoms with Gasteiger partial charge < -0.3 is 18.9 Å². The average molecular weight is 619 g/mol. The third kappa shape index (κ3) is 5.22. The highest BCUT2D eigenvalue weighted by Crippen LogP contribution is 2.45. The molecule has 7 aromatic carbocycles. The minimum absolute atomic E-state index is 0.161. The zero-order valence-electron chi connectivity index (χ0n) is 22.8. The first-order valence-electron chi connectivity index (χ1n) is 13.5. The maximum atomic E-state index is 13.2. The fraction of sp³-hybridized carbons (Fsp3) is 0. The topological polar surface area (TPSA) is 71.1 Å². The van der Waals surface area contributed by atoms with Crippen LogP contribution in [0.1, 0.15) is 0 Å². The van der Waals surface area contributed by atoms with Gasteiger partial charge in [0.1, 0.15) is 11.5 Å². The number of rotatable bonds is 4. The van der Waals surface area contributed by atoms with Gasteiger partial charge in [0.15, 0.2) is 11.5 Å². The molecule has 7 aromatic rings. The van der Waals surface area contributed by atoms with E-state index in [4.69, 9.17) is 42.1 Å². The van der Waals surface area contributed by atoms with Crippen LogP contribution in [-0.2, 0) is 0 Å². The molecule has 0 heterocycles. The third-order valence-electron chi connectivity index (χ3n) is 7.20. The molecule has 0 radical (unpaired) electrons. The van der Waals surface area contributed by atoms with Crippen molar-refractivity contribution in [2.75, 3.05) is 0 Å². The zero-order valence-corrected chi connectivity index (χ0v) is 24.3. The predicted molar refractivity (Wildman–Crippen MR) is 173 cm³/mol. The Morgan fingerprint density at radius 1 is 0.409 bits per heavy atom. The van der Waals surface area contributed by atoms with Crippen molar-refractivity contribution in [2.24, 2.45) is 0 Å². The summed E-state index contributed by atoms with van der Waals surface area (Å²) in [5, 5.41) is 5.78. The SMILES string of the molecule is O=C(Oc1cccc2ccccc12)Oc1c2ccc(Cl)cc2c(OC(=O)Oc2cccc3ccccc23)c2ccc(Cl)cc12. The van der Waals surface area contributed by atoms with Crippen molar-refractivity contribution in [1.29, 1.82) is 0 Å². The Kier molecular flexibility index (Phi) is 7.14. The molecule has 0 N–H and O–H groups in total. The predicted octanol–water partition coefficient (Wildman–Crippen LogP) is 10.8. The van der Waals surface area contributed by atoms with Crippen molar-refractivity contribution in [3.63, 3.8) is 0 Å². The molecule has 0 aliphatic carbocycles. The van der Waals surface area contributed by atoms with Gasteiger partial charge in [-0.3, -0.25) is 0 Å². The second-order valence-corrected chi connectivity index (χ2v) is 10.8. The third-order valence-corrected chi connectivity index (χ3v) is 7.67.